The summed E-state index contributed by atoms with van der Waals surface area (Å²) in [5.74, 6) is 0. The van der Waals surface area contributed by atoms with E-state index >= 15 is 0 Å². The second-order valence-corrected chi connectivity index (χ2v) is 1.05. The van der Waals surface area contributed by atoms with E-state index < -0.39 is 6.10 Å². The standard InChI is InChI=1S/C3H7O.ClH.Na/c1-3(2)4;;/h3H,1-2H3;1H;/q-1;;+1. The van der Waals surface area contributed by atoms with E-state index in [4.69, 9.17) is 0 Å². The molecule has 0 aromatic carbocycles. The molecule has 0 aromatic rings. The average Bonchev–Trinajstić information content (AvgIpc) is 0.811. The van der Waals surface area contributed by atoms with Crippen LogP contribution in [0.5, 0.6) is 0 Å². The van der Waals surface area contributed by atoms with Gasteiger partial charge in [-0.2, -0.15) is 0 Å². The van der Waals surface area contributed by atoms with Crippen molar-refractivity contribution in [3.05, 3.63) is 0 Å². The molecule has 0 aliphatic rings. The molecule has 0 spiro atoms. The zero-order chi connectivity index (χ0) is 3.58. The Morgan fingerprint density at radius 1 is 1.33 bits per heavy atom. The maximum Gasteiger partial charge on any atom is 1.00 e. The van der Waals surface area contributed by atoms with Crippen LogP contribution in [-0.4, -0.2) is 6.10 Å². The Balaban J connectivity index is -0.0000000450. The summed E-state index contributed by atoms with van der Waals surface area (Å²) in [4.78, 5) is 0. The summed E-state index contributed by atoms with van der Waals surface area (Å²) >= 11 is 0. The van der Waals surface area contributed by atoms with Crippen LogP contribution in [0.1, 0.15) is 13.8 Å². The van der Waals surface area contributed by atoms with Gasteiger partial charge in [0.1, 0.15) is 0 Å². The van der Waals surface area contributed by atoms with Crippen LogP contribution in [0.4, 0.5) is 0 Å². The summed E-state index contributed by atoms with van der Waals surface area (Å²) in [7, 11) is 0. The molecule has 3 heteroatoms. The van der Waals surface area contributed by atoms with Gasteiger partial charge < -0.3 is 5.11 Å². The zero-order valence-electron chi connectivity index (χ0n) is 4.39. The number of halogens is 1. The van der Waals surface area contributed by atoms with E-state index in [9.17, 15) is 5.11 Å². The van der Waals surface area contributed by atoms with Crippen molar-refractivity contribution >= 4 is 12.4 Å². The van der Waals surface area contributed by atoms with E-state index in [1.54, 1.807) is 13.8 Å². The van der Waals surface area contributed by atoms with Crippen LogP contribution >= 0.6 is 12.4 Å². The molecule has 0 fully saturated rings. The van der Waals surface area contributed by atoms with Crippen LogP contribution in [-0.2, 0) is 0 Å². The Morgan fingerprint density at radius 2 is 1.33 bits per heavy atom. The molecule has 0 saturated carbocycles. The average molecular weight is 119 g/mol. The van der Waals surface area contributed by atoms with E-state index in [0.29, 0.717) is 0 Å². The molecule has 0 aliphatic carbocycles. The predicted octanol–water partition coefficient (Wildman–Crippen LogP) is -2.82. The Hall–Kier alpha value is 1.25. The maximum atomic E-state index is 9.53. The van der Waals surface area contributed by atoms with Gasteiger partial charge in [-0.05, 0) is 0 Å². The van der Waals surface area contributed by atoms with Gasteiger partial charge in [-0.15, -0.1) is 18.5 Å². The third kappa shape index (κ3) is 60.7. The van der Waals surface area contributed by atoms with Gasteiger partial charge in [-0.25, -0.2) is 0 Å². The van der Waals surface area contributed by atoms with Crippen molar-refractivity contribution in [2.24, 2.45) is 0 Å². The molecule has 0 heterocycles. The molecule has 1 nitrogen and oxygen atoms in total. The summed E-state index contributed by atoms with van der Waals surface area (Å²) in [6.07, 6.45) is -0.417. The molecular weight excluding hydrogens is 110 g/mol. The van der Waals surface area contributed by atoms with Crippen LogP contribution < -0.4 is 34.7 Å². The molecule has 0 unspecified atom stereocenters. The van der Waals surface area contributed by atoms with Crippen LogP contribution in [0.15, 0.2) is 0 Å². The third-order valence-corrected chi connectivity index (χ3v) is 0. The van der Waals surface area contributed by atoms with Gasteiger partial charge in [0, 0.05) is 0 Å². The molecule has 0 radical (unpaired) electrons. The molecule has 0 rings (SSSR count). The molecule has 0 amide bonds. The largest absolute Gasteiger partial charge is 1.00 e. The summed E-state index contributed by atoms with van der Waals surface area (Å²) in [6, 6.07) is 0. The van der Waals surface area contributed by atoms with Gasteiger partial charge in [0.25, 0.3) is 0 Å². The van der Waals surface area contributed by atoms with E-state index in [1.807, 2.05) is 0 Å². The minimum absolute atomic E-state index is 0. The molecule has 0 atom stereocenters. The molecular formula is C3H8ClNaO. The summed E-state index contributed by atoms with van der Waals surface area (Å²) in [5.41, 5.74) is 0. The molecule has 0 N–H and O–H groups in total. The van der Waals surface area contributed by atoms with E-state index in [-0.39, 0.29) is 42.0 Å². The predicted molar refractivity (Wildman–Crippen MR) is 22.4 cm³/mol. The molecule has 34 valence electrons. The topological polar surface area (TPSA) is 23.1 Å². The normalized spacial score (nSPS) is 6.00. The Bertz CT molecular complexity index is 15.5. The van der Waals surface area contributed by atoms with Crippen LogP contribution in [0.2, 0.25) is 0 Å². The second kappa shape index (κ2) is 9.54. The number of hydrogen-bond acceptors (Lipinski definition) is 1. The number of rotatable bonds is 0. The van der Waals surface area contributed by atoms with Gasteiger partial charge in [-0.1, -0.05) is 13.8 Å². The minimum Gasteiger partial charge on any atom is -0.852 e. The van der Waals surface area contributed by atoms with Gasteiger partial charge in [0.15, 0.2) is 0 Å². The van der Waals surface area contributed by atoms with Crippen molar-refractivity contribution in [2.45, 2.75) is 20.0 Å². The van der Waals surface area contributed by atoms with Gasteiger partial charge in [0.05, 0.1) is 0 Å². The summed E-state index contributed by atoms with van der Waals surface area (Å²) in [5, 5.41) is 9.53. The SMILES string of the molecule is CC(C)[O-].Cl.[Na+]. The molecule has 0 bridgehead atoms. The van der Waals surface area contributed by atoms with Crippen molar-refractivity contribution in [1.82, 2.24) is 0 Å². The van der Waals surface area contributed by atoms with E-state index in [1.165, 1.54) is 0 Å². The Labute approximate surface area is 66.8 Å². The van der Waals surface area contributed by atoms with Crippen molar-refractivity contribution < 1.29 is 34.7 Å². The van der Waals surface area contributed by atoms with Gasteiger partial charge in [-0.3, -0.25) is 0 Å². The molecule has 0 aromatic heterocycles. The summed E-state index contributed by atoms with van der Waals surface area (Å²) in [6.45, 7) is 3.22. The van der Waals surface area contributed by atoms with E-state index in [0.717, 1.165) is 0 Å². The minimum atomic E-state index is -0.417. The smallest absolute Gasteiger partial charge is 0.852 e. The zero-order valence-corrected chi connectivity index (χ0v) is 7.21. The molecule has 6 heavy (non-hydrogen) atoms. The fraction of sp³-hybridized carbons (Fsp3) is 1.00. The monoisotopic (exact) mass is 118 g/mol. The van der Waals surface area contributed by atoms with Crippen LogP contribution in [0, 0.1) is 0 Å². The third-order valence-electron chi connectivity index (χ3n) is 0. The van der Waals surface area contributed by atoms with Crippen molar-refractivity contribution in [1.29, 1.82) is 0 Å². The van der Waals surface area contributed by atoms with Crippen molar-refractivity contribution in [3.63, 3.8) is 0 Å². The molecule has 0 saturated heterocycles. The molecule has 0 aliphatic heterocycles. The first-order chi connectivity index (χ1) is 1.73. The van der Waals surface area contributed by atoms with Gasteiger partial charge >= 0.3 is 29.6 Å². The first-order valence-corrected chi connectivity index (χ1v) is 1.39. The number of hydrogen-bond donors (Lipinski definition) is 0. The van der Waals surface area contributed by atoms with Crippen molar-refractivity contribution in [3.8, 4) is 0 Å². The second-order valence-electron chi connectivity index (χ2n) is 1.05. The fourth-order valence-corrected chi connectivity index (χ4v) is 0. The fourth-order valence-electron chi connectivity index (χ4n) is 0. The van der Waals surface area contributed by atoms with Crippen LogP contribution in [0.25, 0.3) is 0 Å². The van der Waals surface area contributed by atoms with Crippen LogP contribution in [0.3, 0.4) is 0 Å². The quantitative estimate of drug-likeness (QED) is 0.315. The maximum absolute atomic E-state index is 9.53. The summed E-state index contributed by atoms with van der Waals surface area (Å²) < 4.78 is 0. The Morgan fingerprint density at radius 3 is 1.33 bits per heavy atom. The first-order valence-electron chi connectivity index (χ1n) is 1.39. The van der Waals surface area contributed by atoms with Crippen molar-refractivity contribution in [2.75, 3.05) is 0 Å². The van der Waals surface area contributed by atoms with Gasteiger partial charge in [0.2, 0.25) is 0 Å². The Kier molecular flexibility index (Phi) is 24.9. The van der Waals surface area contributed by atoms with E-state index in [2.05, 4.69) is 0 Å². The first kappa shape index (κ1) is 15.7.